The van der Waals surface area contributed by atoms with Gasteiger partial charge in [0, 0.05) is 26.2 Å². The van der Waals surface area contributed by atoms with Crippen molar-refractivity contribution >= 4 is 16.0 Å². The van der Waals surface area contributed by atoms with Gasteiger partial charge in [0.2, 0.25) is 10.0 Å². The van der Waals surface area contributed by atoms with Gasteiger partial charge in [0.25, 0.3) is 0 Å². The van der Waals surface area contributed by atoms with Crippen molar-refractivity contribution in [1.29, 1.82) is 0 Å². The quantitative estimate of drug-likeness (QED) is 0.497. The number of piperidine rings is 1. The molecule has 30 heavy (non-hydrogen) atoms. The van der Waals surface area contributed by atoms with Gasteiger partial charge in [-0.3, -0.25) is 0 Å². The Morgan fingerprint density at radius 2 is 1.97 bits per heavy atom. The summed E-state index contributed by atoms with van der Waals surface area (Å²) in [5.41, 5.74) is 0.934. The van der Waals surface area contributed by atoms with E-state index < -0.39 is 10.0 Å². The largest absolute Gasteiger partial charge is 0.376 e. The van der Waals surface area contributed by atoms with Crippen LogP contribution in [-0.4, -0.2) is 64.3 Å². The van der Waals surface area contributed by atoms with Gasteiger partial charge in [-0.15, -0.1) is 0 Å². The molecule has 0 amide bonds. The van der Waals surface area contributed by atoms with Crippen LogP contribution in [0.25, 0.3) is 0 Å². The first-order chi connectivity index (χ1) is 14.5. The van der Waals surface area contributed by atoms with Crippen LogP contribution in [0.1, 0.15) is 44.6 Å². The Morgan fingerprint density at radius 3 is 2.57 bits per heavy atom. The van der Waals surface area contributed by atoms with Crippen LogP contribution < -0.4 is 10.5 Å². The van der Waals surface area contributed by atoms with Gasteiger partial charge >= 0.3 is 0 Å². The van der Waals surface area contributed by atoms with Crippen LogP contribution in [0.5, 0.6) is 0 Å². The Morgan fingerprint density at radius 1 is 1.23 bits per heavy atom. The average molecular weight is 439 g/mol. The number of hydrogen-bond acceptors (Lipinski definition) is 5. The van der Waals surface area contributed by atoms with E-state index in [1.807, 2.05) is 0 Å². The minimum Gasteiger partial charge on any atom is -0.376 e. The maximum Gasteiger partial charge on any atom is 0.238 e. The van der Waals surface area contributed by atoms with E-state index in [0.717, 1.165) is 63.4 Å². The zero-order valence-electron chi connectivity index (χ0n) is 17.8. The smallest absolute Gasteiger partial charge is 0.238 e. The predicted molar refractivity (Wildman–Crippen MR) is 117 cm³/mol. The van der Waals surface area contributed by atoms with Crippen molar-refractivity contribution in [1.82, 2.24) is 10.2 Å². The van der Waals surface area contributed by atoms with Crippen LogP contribution in [0.3, 0.4) is 0 Å². The number of guanidine groups is 1. The molecule has 1 aromatic rings. The summed E-state index contributed by atoms with van der Waals surface area (Å²) in [6.07, 6.45) is 5.99. The number of rotatable bonds is 7. The molecule has 2 heterocycles. The van der Waals surface area contributed by atoms with E-state index in [0.29, 0.717) is 13.2 Å². The number of nitrogens with one attached hydrogen (secondary N) is 1. The number of likely N-dealkylation sites (tertiary alicyclic amines) is 1. The molecule has 2 fully saturated rings. The monoisotopic (exact) mass is 438 g/mol. The van der Waals surface area contributed by atoms with Gasteiger partial charge in [-0.05, 0) is 56.7 Å². The Labute approximate surface area is 179 Å². The van der Waals surface area contributed by atoms with Crippen LogP contribution in [-0.2, 0) is 26.0 Å². The van der Waals surface area contributed by atoms with Crippen LogP contribution in [0.2, 0.25) is 0 Å². The molecule has 2 saturated heterocycles. The van der Waals surface area contributed by atoms with Crippen molar-refractivity contribution in [2.24, 2.45) is 10.1 Å². The molecule has 3 rings (SSSR count). The second-order valence-electron chi connectivity index (χ2n) is 7.87. The Balaban J connectivity index is 1.49. The Bertz CT molecular complexity index is 784. The third-order valence-corrected chi connectivity index (χ3v) is 6.46. The highest BCUT2D eigenvalue weighted by Gasteiger charge is 2.23. The molecule has 0 aliphatic carbocycles. The first-order valence-corrected chi connectivity index (χ1v) is 12.4. The van der Waals surface area contributed by atoms with Gasteiger partial charge in [0.15, 0.2) is 5.96 Å². The molecule has 0 spiro atoms. The molecular weight excluding hydrogens is 404 g/mol. The van der Waals surface area contributed by atoms with E-state index in [1.54, 1.807) is 12.1 Å². The Hall–Kier alpha value is -1.68. The summed E-state index contributed by atoms with van der Waals surface area (Å²) >= 11 is 0. The molecule has 168 valence electrons. The number of aliphatic imine (C=N–C) groups is 1. The van der Waals surface area contributed by atoms with Gasteiger partial charge in [-0.1, -0.05) is 12.1 Å². The van der Waals surface area contributed by atoms with Crippen molar-refractivity contribution in [2.75, 3.05) is 32.8 Å². The Kier molecular flexibility index (Phi) is 8.50. The normalized spacial score (nSPS) is 21.6. The minimum atomic E-state index is -3.67. The standard InChI is InChI=1S/C21H34N4O4S/c1-2-23-21(24-15-17-6-8-20(9-7-17)30(22,26)27)25-12-10-18(11-13-25)29-16-19-5-3-4-14-28-19/h6-9,18-19H,2-5,10-16H2,1H3,(H,23,24)(H2,22,26,27). The van der Waals surface area contributed by atoms with Crippen LogP contribution in [0, 0.1) is 0 Å². The zero-order chi connectivity index (χ0) is 21.4. The van der Waals surface area contributed by atoms with E-state index in [9.17, 15) is 8.42 Å². The summed E-state index contributed by atoms with van der Waals surface area (Å²) in [7, 11) is -3.67. The number of nitrogens with two attached hydrogens (primary N) is 1. The molecule has 3 N–H and O–H groups in total. The lowest BCUT2D eigenvalue weighted by Crippen LogP contribution is -2.47. The van der Waals surface area contributed by atoms with Crippen molar-refractivity contribution in [2.45, 2.75) is 62.7 Å². The lowest BCUT2D eigenvalue weighted by Gasteiger charge is -2.35. The SMILES string of the molecule is CCNC(=NCc1ccc(S(N)(=O)=O)cc1)N1CCC(OCC2CCCCO2)CC1. The third-order valence-electron chi connectivity index (χ3n) is 5.53. The van der Waals surface area contributed by atoms with E-state index in [-0.39, 0.29) is 17.1 Å². The number of primary sulfonamides is 1. The maximum atomic E-state index is 11.4. The molecule has 0 radical (unpaired) electrons. The second kappa shape index (κ2) is 11.1. The molecule has 1 atom stereocenters. The fourth-order valence-corrected chi connectivity index (χ4v) is 4.31. The molecule has 8 nitrogen and oxygen atoms in total. The first kappa shape index (κ1) is 23.0. The number of benzene rings is 1. The van der Waals surface area contributed by atoms with E-state index >= 15 is 0 Å². The topological polar surface area (TPSA) is 106 Å². The molecule has 0 aromatic heterocycles. The van der Waals surface area contributed by atoms with E-state index in [2.05, 4.69) is 17.1 Å². The molecule has 2 aliphatic rings. The summed E-state index contributed by atoms with van der Waals surface area (Å²) in [4.78, 5) is 7.11. The van der Waals surface area contributed by atoms with Gasteiger partial charge in [-0.25, -0.2) is 18.5 Å². The number of sulfonamides is 1. The molecule has 1 aromatic carbocycles. The number of hydrogen-bond donors (Lipinski definition) is 2. The van der Waals surface area contributed by atoms with Crippen molar-refractivity contribution in [3.63, 3.8) is 0 Å². The predicted octanol–water partition coefficient (Wildman–Crippen LogP) is 1.85. The molecular formula is C21H34N4O4S. The maximum absolute atomic E-state index is 11.4. The summed E-state index contributed by atoms with van der Waals surface area (Å²) in [6, 6.07) is 6.54. The number of nitrogens with zero attached hydrogens (tertiary/aromatic N) is 2. The molecule has 2 aliphatic heterocycles. The summed E-state index contributed by atoms with van der Waals surface area (Å²) in [5.74, 6) is 0.877. The van der Waals surface area contributed by atoms with Crippen molar-refractivity contribution < 1.29 is 17.9 Å². The van der Waals surface area contributed by atoms with Gasteiger partial charge in [0.05, 0.1) is 30.3 Å². The fraction of sp³-hybridized carbons (Fsp3) is 0.667. The first-order valence-electron chi connectivity index (χ1n) is 10.8. The van der Waals surface area contributed by atoms with Gasteiger partial charge in [-0.2, -0.15) is 0 Å². The van der Waals surface area contributed by atoms with Gasteiger partial charge < -0.3 is 19.7 Å². The van der Waals surface area contributed by atoms with Crippen LogP contribution >= 0.6 is 0 Å². The number of ether oxygens (including phenoxy) is 2. The zero-order valence-corrected chi connectivity index (χ0v) is 18.6. The molecule has 1 unspecified atom stereocenters. The van der Waals surface area contributed by atoms with Gasteiger partial charge in [0.1, 0.15) is 0 Å². The summed E-state index contributed by atoms with van der Waals surface area (Å²) < 4.78 is 34.6. The summed E-state index contributed by atoms with van der Waals surface area (Å²) in [5, 5.41) is 8.51. The van der Waals surface area contributed by atoms with Crippen LogP contribution in [0.15, 0.2) is 34.2 Å². The highest BCUT2D eigenvalue weighted by molar-refractivity contribution is 7.89. The highest BCUT2D eigenvalue weighted by Crippen LogP contribution is 2.18. The molecule has 0 bridgehead atoms. The van der Waals surface area contributed by atoms with Crippen molar-refractivity contribution in [3.05, 3.63) is 29.8 Å². The van der Waals surface area contributed by atoms with Crippen molar-refractivity contribution in [3.8, 4) is 0 Å². The lowest BCUT2D eigenvalue weighted by atomic mass is 10.1. The molecule has 0 saturated carbocycles. The third kappa shape index (κ3) is 6.94. The van der Waals surface area contributed by atoms with E-state index in [4.69, 9.17) is 19.6 Å². The van der Waals surface area contributed by atoms with Crippen LogP contribution in [0.4, 0.5) is 0 Å². The highest BCUT2D eigenvalue weighted by atomic mass is 32.2. The lowest BCUT2D eigenvalue weighted by molar-refractivity contribution is -0.0721. The summed E-state index contributed by atoms with van der Waals surface area (Å²) in [6.45, 7) is 6.67. The molecule has 9 heteroatoms. The second-order valence-corrected chi connectivity index (χ2v) is 9.43. The average Bonchev–Trinajstić information content (AvgIpc) is 2.76. The van der Waals surface area contributed by atoms with E-state index in [1.165, 1.54) is 18.6 Å². The minimum absolute atomic E-state index is 0.114. The fourth-order valence-electron chi connectivity index (χ4n) is 3.79.